The summed E-state index contributed by atoms with van der Waals surface area (Å²) in [6, 6.07) is 27.6. The van der Waals surface area contributed by atoms with Crippen LogP contribution in [-0.4, -0.2) is 44.5 Å². The van der Waals surface area contributed by atoms with Crippen molar-refractivity contribution in [1.29, 1.82) is 0 Å². The summed E-state index contributed by atoms with van der Waals surface area (Å²) in [5, 5.41) is 4.62. The summed E-state index contributed by atoms with van der Waals surface area (Å²) in [7, 11) is -5.50. The van der Waals surface area contributed by atoms with Crippen LogP contribution in [0.25, 0.3) is 0 Å². The zero-order valence-electron chi connectivity index (χ0n) is 42.6. The lowest BCUT2D eigenvalue weighted by atomic mass is 9.87. The zero-order chi connectivity index (χ0) is 46.6. The third-order valence-electron chi connectivity index (χ3n) is 11.9. The molecule has 0 aliphatic rings. The van der Waals surface area contributed by atoms with Gasteiger partial charge in [0.2, 0.25) is 18.1 Å². The number of rotatable bonds is 22. The van der Waals surface area contributed by atoms with Gasteiger partial charge in [0.1, 0.15) is 23.0 Å². The lowest BCUT2D eigenvalue weighted by Crippen LogP contribution is -2.57. The first-order valence-corrected chi connectivity index (χ1v) is 27.6. The maximum Gasteiger partial charge on any atom is 0.236 e. The molecule has 0 aliphatic carbocycles. The Hall–Kier alpha value is -3.53. The molecule has 4 aromatic carbocycles. The first kappa shape index (κ1) is 52.1. The molecule has 0 unspecified atom stereocenters. The summed E-state index contributed by atoms with van der Waals surface area (Å²) < 4.78 is 35.9. The number of hydrogen-bond acceptors (Lipinski definition) is 5. The molecule has 63 heavy (non-hydrogen) atoms. The Balaban J connectivity index is 2.25. The van der Waals surface area contributed by atoms with Gasteiger partial charge in [-0.05, 0) is 93.9 Å². The van der Waals surface area contributed by atoms with Gasteiger partial charge in [0.05, 0.1) is 26.4 Å². The molecule has 7 heteroatoms. The normalized spacial score (nSPS) is 12.6. The summed E-state index contributed by atoms with van der Waals surface area (Å²) >= 11 is 0. The van der Waals surface area contributed by atoms with Crippen LogP contribution in [0.5, 0.6) is 23.0 Å². The molecule has 0 spiro atoms. The maximum atomic E-state index is 8.41. The van der Waals surface area contributed by atoms with E-state index < -0.39 is 18.1 Å². The first-order chi connectivity index (χ1) is 29.6. The van der Waals surface area contributed by atoms with Gasteiger partial charge < -0.3 is 23.1 Å². The fraction of sp³-hybridized carbons (Fsp3) is 0.571. The van der Waals surface area contributed by atoms with Gasteiger partial charge in [-0.3, -0.25) is 0 Å². The van der Waals surface area contributed by atoms with Crippen molar-refractivity contribution in [3.8, 4) is 23.0 Å². The Labute approximate surface area is 388 Å². The highest BCUT2D eigenvalue weighted by Gasteiger charge is 2.37. The van der Waals surface area contributed by atoms with Crippen molar-refractivity contribution < 1.29 is 23.1 Å². The maximum absolute atomic E-state index is 8.41. The lowest BCUT2D eigenvalue weighted by Gasteiger charge is -2.32. The molecule has 0 heterocycles. The van der Waals surface area contributed by atoms with Gasteiger partial charge in [0, 0.05) is 20.7 Å². The van der Waals surface area contributed by atoms with E-state index in [9.17, 15) is 0 Å². The van der Waals surface area contributed by atoms with Crippen LogP contribution in [-0.2, 0) is 25.8 Å². The van der Waals surface area contributed by atoms with E-state index in [0.29, 0.717) is 26.4 Å². The molecule has 0 aliphatic heterocycles. The van der Waals surface area contributed by atoms with Crippen molar-refractivity contribution >= 4 is 38.8 Å². The SMILES string of the molecule is CCCCOc1ccc(C(C)(C)C)cc1[SiH](O[SiH](c1cc(C(C)(C)C)ccc1OCCCC)c1cc(C(C)(C)C)ccc1OCCCC)c1cc(C(C)(C)C)ccc1OCCCC. The van der Waals surface area contributed by atoms with Crippen molar-refractivity contribution in [3.05, 3.63) is 95.1 Å². The highest BCUT2D eigenvalue weighted by molar-refractivity contribution is 6.93. The quantitative estimate of drug-likeness (QED) is 0.0581. The fourth-order valence-corrected chi connectivity index (χ4v) is 14.7. The molecular formula is C56H86O5Si2. The van der Waals surface area contributed by atoms with Crippen molar-refractivity contribution in [3.63, 3.8) is 0 Å². The van der Waals surface area contributed by atoms with E-state index in [1.165, 1.54) is 22.3 Å². The lowest BCUT2D eigenvalue weighted by molar-refractivity contribution is 0.309. The van der Waals surface area contributed by atoms with Crippen molar-refractivity contribution in [2.45, 2.75) is 184 Å². The van der Waals surface area contributed by atoms with Crippen molar-refractivity contribution in [2.75, 3.05) is 26.4 Å². The molecular weight excluding hydrogens is 809 g/mol. The largest absolute Gasteiger partial charge is 0.494 e. The Morgan fingerprint density at radius 2 is 0.540 bits per heavy atom. The topological polar surface area (TPSA) is 46.2 Å². The van der Waals surface area contributed by atoms with Gasteiger partial charge in [-0.1, -0.05) is 185 Å². The predicted octanol–water partition coefficient (Wildman–Crippen LogP) is 12.0. The highest BCUT2D eigenvalue weighted by atomic mass is 28.4. The van der Waals surface area contributed by atoms with Gasteiger partial charge in [0.25, 0.3) is 0 Å². The summed E-state index contributed by atoms with van der Waals surface area (Å²) in [6.45, 7) is 39.1. The van der Waals surface area contributed by atoms with Crippen LogP contribution in [0.15, 0.2) is 72.8 Å². The van der Waals surface area contributed by atoms with Crippen molar-refractivity contribution in [2.24, 2.45) is 0 Å². The molecule has 0 saturated heterocycles. The van der Waals surface area contributed by atoms with E-state index in [1.54, 1.807) is 0 Å². The minimum Gasteiger partial charge on any atom is -0.494 e. The molecule has 348 valence electrons. The molecule has 0 N–H and O–H groups in total. The van der Waals surface area contributed by atoms with Gasteiger partial charge >= 0.3 is 0 Å². The molecule has 0 atom stereocenters. The molecule has 0 fully saturated rings. The van der Waals surface area contributed by atoms with E-state index in [-0.39, 0.29) is 21.7 Å². The average molecular weight is 895 g/mol. The molecule has 0 radical (unpaired) electrons. The number of hydrogen-bond donors (Lipinski definition) is 0. The number of unbranched alkanes of at least 4 members (excludes halogenated alkanes) is 4. The third-order valence-corrected chi connectivity index (χ3v) is 18.2. The Morgan fingerprint density at radius 1 is 0.333 bits per heavy atom. The fourth-order valence-electron chi connectivity index (χ4n) is 7.48. The Kier molecular flexibility index (Phi) is 19.1. The van der Waals surface area contributed by atoms with Crippen LogP contribution < -0.4 is 39.7 Å². The number of benzene rings is 4. The molecule has 0 bridgehead atoms. The van der Waals surface area contributed by atoms with E-state index in [4.69, 9.17) is 23.1 Å². The van der Waals surface area contributed by atoms with Gasteiger partial charge in [0.15, 0.2) is 0 Å². The van der Waals surface area contributed by atoms with Gasteiger partial charge in [-0.25, -0.2) is 0 Å². The standard InChI is InChI=1S/C56H86O5Si2/c1-17-21-33-57-45-29-25-41(53(5,6)7)37-49(45)62(50-38-42(54(8,9)10)26-30-46(50)58-34-22-18-2)61-63(51-39-43(55(11,12)13)27-31-47(51)59-35-23-19-3)52-40-44(56(14,15)16)28-32-48(52)60-36-24-20-4/h25-32,37-40,62-63H,17-24,33-36H2,1-16H3. The van der Waals surface area contributed by atoms with E-state index >= 15 is 0 Å². The predicted molar refractivity (Wildman–Crippen MR) is 276 cm³/mol. The van der Waals surface area contributed by atoms with E-state index in [2.05, 4.69) is 184 Å². The van der Waals surface area contributed by atoms with E-state index in [1.807, 2.05) is 0 Å². The van der Waals surface area contributed by atoms with Crippen LogP contribution in [0.3, 0.4) is 0 Å². The Bertz CT molecular complexity index is 1740. The van der Waals surface area contributed by atoms with Crippen LogP contribution in [0, 0.1) is 0 Å². The first-order valence-electron chi connectivity index (χ1n) is 24.4. The van der Waals surface area contributed by atoms with Crippen LogP contribution in [0.1, 0.15) is 184 Å². The molecule has 4 aromatic rings. The summed E-state index contributed by atoms with van der Waals surface area (Å²) in [4.78, 5) is 0. The molecule has 0 aromatic heterocycles. The molecule has 5 nitrogen and oxygen atoms in total. The second-order valence-electron chi connectivity index (χ2n) is 21.7. The van der Waals surface area contributed by atoms with Gasteiger partial charge in [-0.15, -0.1) is 0 Å². The minimum atomic E-state index is -2.75. The van der Waals surface area contributed by atoms with Crippen LogP contribution in [0.4, 0.5) is 0 Å². The van der Waals surface area contributed by atoms with Crippen LogP contribution in [0.2, 0.25) is 0 Å². The summed E-state index contributed by atoms with van der Waals surface area (Å²) in [5.41, 5.74) is 4.67. The highest BCUT2D eigenvalue weighted by Crippen LogP contribution is 2.31. The molecule has 0 amide bonds. The monoisotopic (exact) mass is 895 g/mol. The summed E-state index contributed by atoms with van der Waals surface area (Å²) in [6.07, 6.45) is 8.14. The summed E-state index contributed by atoms with van der Waals surface area (Å²) in [5.74, 6) is 3.64. The van der Waals surface area contributed by atoms with Crippen molar-refractivity contribution in [1.82, 2.24) is 0 Å². The van der Waals surface area contributed by atoms with E-state index in [0.717, 1.165) is 95.1 Å². The second kappa shape index (κ2) is 23.1. The average Bonchev–Trinajstić information content (AvgIpc) is 3.21. The molecule has 0 saturated carbocycles. The van der Waals surface area contributed by atoms with Crippen LogP contribution >= 0.6 is 0 Å². The minimum absolute atomic E-state index is 0.0944. The number of ether oxygens (including phenoxy) is 4. The zero-order valence-corrected chi connectivity index (χ0v) is 44.9. The Morgan fingerprint density at radius 3 is 0.714 bits per heavy atom. The third kappa shape index (κ3) is 14.7. The molecule has 4 rings (SSSR count). The second-order valence-corrected chi connectivity index (χ2v) is 26.8. The smallest absolute Gasteiger partial charge is 0.236 e. The van der Waals surface area contributed by atoms with Gasteiger partial charge in [-0.2, -0.15) is 0 Å².